The first-order chi connectivity index (χ1) is 6.50. The summed E-state index contributed by atoms with van der Waals surface area (Å²) in [7, 11) is 0. The first-order valence-corrected chi connectivity index (χ1v) is 8.96. The summed E-state index contributed by atoms with van der Waals surface area (Å²) in [6, 6.07) is 0. The highest BCUT2D eigenvalue weighted by atomic mass is 79.9. The third-order valence-corrected chi connectivity index (χ3v) is 8.95. The predicted molar refractivity (Wildman–Crippen MR) is 93.5 cm³/mol. The van der Waals surface area contributed by atoms with Crippen LogP contribution in [0.2, 0.25) is 0 Å². The number of halogens is 12. The molecule has 0 nitrogen and oxygen atoms in total. The van der Waals surface area contributed by atoms with Crippen LogP contribution in [0.5, 0.6) is 0 Å². The van der Waals surface area contributed by atoms with Gasteiger partial charge < -0.3 is 0 Å². The largest absolute Gasteiger partial charge is 0.214 e. The normalized spacial score (nSPS) is 14.2. The van der Waals surface area contributed by atoms with Crippen LogP contribution in [0.15, 0.2) is 0 Å². The molecule has 0 radical (unpaired) electrons. The molecular weight excluding hydrogens is 651 g/mol. The van der Waals surface area contributed by atoms with Gasteiger partial charge in [0.25, 0.3) is 0 Å². The molecule has 0 spiro atoms. The van der Waals surface area contributed by atoms with Gasteiger partial charge in [-0.1, -0.05) is 92.8 Å². The lowest BCUT2D eigenvalue weighted by molar-refractivity contribution is 1.18. The molecule has 0 amide bonds. The lowest BCUT2D eigenvalue weighted by Crippen LogP contribution is -2.22. The molecule has 0 aliphatic carbocycles. The van der Waals surface area contributed by atoms with Crippen LogP contribution >= 0.6 is 157 Å². The van der Waals surface area contributed by atoms with E-state index in [1.807, 2.05) is 0 Å². The molecule has 100 valence electrons. The standard InChI is InChI=1S/2C2Br2Cl4/c2*3-1(5,6)2(4,7)8. The third-order valence-electron chi connectivity index (χ3n) is 0.643. The van der Waals surface area contributed by atoms with E-state index in [2.05, 4.69) is 63.7 Å². The van der Waals surface area contributed by atoms with Crippen LogP contribution in [-0.4, -0.2) is 13.0 Å². The van der Waals surface area contributed by atoms with E-state index in [1.165, 1.54) is 0 Å². The van der Waals surface area contributed by atoms with Gasteiger partial charge in [-0.3, -0.25) is 0 Å². The Morgan fingerprint density at radius 1 is 0.375 bits per heavy atom. The van der Waals surface area contributed by atoms with Crippen molar-refractivity contribution >= 4 is 157 Å². The molecule has 16 heavy (non-hydrogen) atoms. The van der Waals surface area contributed by atoms with E-state index in [9.17, 15) is 0 Å². The van der Waals surface area contributed by atoms with E-state index in [-0.39, 0.29) is 0 Å². The van der Waals surface area contributed by atoms with E-state index in [0.29, 0.717) is 0 Å². The number of alkyl halides is 12. The molecular formula is C4Br4Cl8. The lowest BCUT2D eigenvalue weighted by atomic mass is 10.9. The molecule has 0 saturated carbocycles. The van der Waals surface area contributed by atoms with Crippen molar-refractivity contribution in [2.24, 2.45) is 0 Å². The van der Waals surface area contributed by atoms with Crippen LogP contribution in [0, 0.1) is 0 Å². The fourth-order valence-electron chi connectivity index (χ4n) is 0. The average Bonchev–Trinajstić information content (AvgIpc) is 1.77. The van der Waals surface area contributed by atoms with Gasteiger partial charge in [-0.15, -0.1) is 0 Å². The molecule has 0 rings (SSSR count). The van der Waals surface area contributed by atoms with Gasteiger partial charge in [0.1, 0.15) is 0 Å². The van der Waals surface area contributed by atoms with E-state index < -0.39 is 13.0 Å². The smallest absolute Gasteiger partial charge is 0.0844 e. The van der Waals surface area contributed by atoms with Crippen molar-refractivity contribution in [2.75, 3.05) is 0 Å². The molecule has 0 heterocycles. The minimum Gasteiger partial charge on any atom is -0.0844 e. The zero-order valence-corrected chi connectivity index (χ0v) is 18.9. The van der Waals surface area contributed by atoms with Gasteiger partial charge in [-0.25, -0.2) is 0 Å². The molecule has 0 aromatic heterocycles. The molecule has 0 bridgehead atoms. The summed E-state index contributed by atoms with van der Waals surface area (Å²) in [6.07, 6.45) is 0. The minimum absolute atomic E-state index is 1.36. The Labute approximate surface area is 167 Å². The highest BCUT2D eigenvalue weighted by Gasteiger charge is 2.43. The maximum Gasteiger partial charge on any atom is 0.214 e. The Bertz CT molecular complexity index is 158. The zero-order chi connectivity index (χ0) is 14.0. The second-order valence-corrected chi connectivity index (χ2v) is 15.7. The SMILES string of the molecule is ClC(Cl)(Br)C(Cl)(Cl)Br.ClC(Cl)(Br)C(Cl)(Cl)Br. The maximum absolute atomic E-state index is 5.38. The van der Waals surface area contributed by atoms with Gasteiger partial charge in [0.05, 0.1) is 0 Å². The molecule has 0 fully saturated rings. The lowest BCUT2D eigenvalue weighted by Gasteiger charge is -2.20. The Balaban J connectivity index is 0. The predicted octanol–water partition coefficient (Wildman–Crippen LogP) is 8.08. The van der Waals surface area contributed by atoms with E-state index >= 15 is 0 Å². The molecule has 12 heteroatoms. The van der Waals surface area contributed by atoms with E-state index in [4.69, 9.17) is 92.8 Å². The summed E-state index contributed by atoms with van der Waals surface area (Å²) in [6.45, 7) is 0. The summed E-state index contributed by atoms with van der Waals surface area (Å²) < 4.78 is -5.43. The number of rotatable bonds is 2. The second-order valence-electron chi connectivity index (χ2n) is 1.99. The van der Waals surface area contributed by atoms with Crippen molar-refractivity contribution in [3.8, 4) is 0 Å². The Kier molecular flexibility index (Phi) is 11.3. The first kappa shape index (κ1) is 22.5. The van der Waals surface area contributed by atoms with Crippen LogP contribution < -0.4 is 0 Å². The highest BCUT2D eigenvalue weighted by molar-refractivity contribution is 9.14. The maximum atomic E-state index is 5.38. The van der Waals surface area contributed by atoms with Gasteiger partial charge in [-0.05, 0) is 63.7 Å². The molecule has 0 N–H and O–H groups in total. The molecule has 0 aliphatic heterocycles. The summed E-state index contributed by atoms with van der Waals surface area (Å²) >= 11 is 54.3. The monoisotopic (exact) mass is 643 g/mol. The van der Waals surface area contributed by atoms with Crippen LogP contribution in [-0.2, 0) is 0 Å². The highest BCUT2D eigenvalue weighted by Crippen LogP contribution is 2.51. The van der Waals surface area contributed by atoms with Gasteiger partial charge in [-0.2, -0.15) is 0 Å². The van der Waals surface area contributed by atoms with Crippen LogP contribution in [0.4, 0.5) is 0 Å². The van der Waals surface area contributed by atoms with E-state index in [0.717, 1.165) is 0 Å². The van der Waals surface area contributed by atoms with Crippen LogP contribution in [0.3, 0.4) is 0 Å². The minimum atomic E-state index is -1.36. The van der Waals surface area contributed by atoms with Crippen molar-refractivity contribution in [1.29, 1.82) is 0 Å². The second kappa shape index (κ2) is 8.03. The fraction of sp³-hybridized carbons (Fsp3) is 1.00. The molecule has 0 aromatic carbocycles. The van der Waals surface area contributed by atoms with Crippen molar-refractivity contribution in [3.05, 3.63) is 0 Å². The van der Waals surface area contributed by atoms with Crippen molar-refractivity contribution in [2.45, 2.75) is 13.0 Å². The molecule has 0 aromatic rings. The first-order valence-electron chi connectivity index (χ1n) is 2.77. The summed E-state index contributed by atoms with van der Waals surface area (Å²) in [4.78, 5) is 0. The number of hydrogen-bond donors (Lipinski definition) is 0. The fourth-order valence-corrected chi connectivity index (χ4v) is 0. The van der Waals surface area contributed by atoms with E-state index in [1.54, 1.807) is 0 Å². The van der Waals surface area contributed by atoms with Crippen molar-refractivity contribution in [3.63, 3.8) is 0 Å². The molecule has 0 atom stereocenters. The topological polar surface area (TPSA) is 0 Å². The Hall–Kier alpha value is 4.24. The molecule has 0 unspecified atom stereocenters. The third kappa shape index (κ3) is 11.0. The van der Waals surface area contributed by atoms with Gasteiger partial charge in [0.15, 0.2) is 0 Å². The Morgan fingerprint density at radius 2 is 0.438 bits per heavy atom. The van der Waals surface area contributed by atoms with Crippen molar-refractivity contribution in [1.82, 2.24) is 0 Å². The van der Waals surface area contributed by atoms with Gasteiger partial charge in [0.2, 0.25) is 13.0 Å². The quantitative estimate of drug-likeness (QED) is 0.265. The van der Waals surface area contributed by atoms with Crippen LogP contribution in [0.25, 0.3) is 0 Å². The molecule has 0 saturated heterocycles. The van der Waals surface area contributed by atoms with Crippen molar-refractivity contribution < 1.29 is 0 Å². The zero-order valence-electron chi connectivity index (χ0n) is 6.54. The van der Waals surface area contributed by atoms with Gasteiger partial charge >= 0.3 is 0 Å². The summed E-state index contributed by atoms with van der Waals surface area (Å²) in [5.41, 5.74) is 0. The Morgan fingerprint density at radius 3 is 0.438 bits per heavy atom. The summed E-state index contributed by atoms with van der Waals surface area (Å²) in [5.74, 6) is 0. The molecule has 0 aliphatic rings. The number of hydrogen-bond acceptors (Lipinski definition) is 0. The van der Waals surface area contributed by atoms with Crippen LogP contribution in [0.1, 0.15) is 0 Å². The average molecular weight is 651 g/mol. The van der Waals surface area contributed by atoms with Gasteiger partial charge in [0, 0.05) is 0 Å². The summed E-state index contributed by atoms with van der Waals surface area (Å²) in [5, 5.41) is 0.